The van der Waals surface area contributed by atoms with E-state index in [2.05, 4.69) is 0 Å². The predicted molar refractivity (Wildman–Crippen MR) is 68.6 cm³/mol. The molecule has 0 saturated carbocycles. The first-order chi connectivity index (χ1) is 8.65. The van der Waals surface area contributed by atoms with E-state index in [0.29, 0.717) is 12.3 Å². The molecule has 0 amide bonds. The molecule has 1 N–H and O–H groups in total. The fourth-order valence-corrected chi connectivity index (χ4v) is 3.11. The van der Waals surface area contributed by atoms with Crippen LogP contribution in [-0.4, -0.2) is 49.8 Å². The molecule has 4 heteroatoms. The highest BCUT2D eigenvalue weighted by atomic mass is 16.5. The summed E-state index contributed by atoms with van der Waals surface area (Å²) >= 11 is 0. The number of hydrogen-bond acceptors (Lipinski definition) is 4. The molecule has 3 unspecified atom stereocenters. The molecule has 0 radical (unpaired) electrons. The van der Waals surface area contributed by atoms with Crippen molar-refractivity contribution >= 4 is 0 Å². The second-order valence-electron chi connectivity index (χ2n) is 5.75. The van der Waals surface area contributed by atoms with Gasteiger partial charge in [0.25, 0.3) is 0 Å². The molecule has 3 atom stereocenters. The second kappa shape index (κ2) is 6.33. The summed E-state index contributed by atoms with van der Waals surface area (Å²) in [6, 6.07) is 0. The van der Waals surface area contributed by atoms with E-state index < -0.39 is 0 Å². The SMILES string of the molecule is COC(C)CC(O)C1CCOC2(CCOCC2)C1. The summed E-state index contributed by atoms with van der Waals surface area (Å²) in [6.45, 7) is 4.35. The van der Waals surface area contributed by atoms with E-state index in [0.717, 1.165) is 45.5 Å². The van der Waals surface area contributed by atoms with E-state index in [4.69, 9.17) is 14.2 Å². The minimum absolute atomic E-state index is 0.0293. The normalized spacial score (nSPS) is 31.2. The van der Waals surface area contributed by atoms with E-state index >= 15 is 0 Å². The highest BCUT2D eigenvalue weighted by Crippen LogP contribution is 2.38. The van der Waals surface area contributed by atoms with E-state index in [1.165, 1.54) is 0 Å². The largest absolute Gasteiger partial charge is 0.393 e. The molecule has 2 aliphatic heterocycles. The molecule has 0 aromatic heterocycles. The van der Waals surface area contributed by atoms with Crippen LogP contribution in [0.3, 0.4) is 0 Å². The molecule has 0 aliphatic carbocycles. The zero-order valence-electron chi connectivity index (χ0n) is 11.6. The Kier molecular flexibility index (Phi) is 5.01. The number of rotatable bonds is 4. The van der Waals surface area contributed by atoms with Crippen molar-refractivity contribution in [2.75, 3.05) is 26.9 Å². The van der Waals surface area contributed by atoms with Crippen LogP contribution < -0.4 is 0 Å². The van der Waals surface area contributed by atoms with Gasteiger partial charge in [-0.25, -0.2) is 0 Å². The Bertz CT molecular complexity index is 245. The third-order valence-electron chi connectivity index (χ3n) is 4.46. The fourth-order valence-electron chi connectivity index (χ4n) is 3.11. The van der Waals surface area contributed by atoms with Gasteiger partial charge in [-0.2, -0.15) is 0 Å². The van der Waals surface area contributed by atoms with Gasteiger partial charge in [0.2, 0.25) is 0 Å². The summed E-state index contributed by atoms with van der Waals surface area (Å²) in [5.41, 5.74) is -0.0293. The van der Waals surface area contributed by atoms with Crippen LogP contribution >= 0.6 is 0 Å². The van der Waals surface area contributed by atoms with Crippen LogP contribution in [0.5, 0.6) is 0 Å². The highest BCUT2D eigenvalue weighted by Gasteiger charge is 2.41. The minimum atomic E-state index is -0.274. The first kappa shape index (κ1) is 14.3. The third-order valence-corrected chi connectivity index (χ3v) is 4.46. The molecule has 18 heavy (non-hydrogen) atoms. The van der Waals surface area contributed by atoms with Crippen molar-refractivity contribution in [2.24, 2.45) is 5.92 Å². The van der Waals surface area contributed by atoms with E-state index in [1.54, 1.807) is 7.11 Å². The molecular formula is C14H26O4. The molecule has 0 bridgehead atoms. The Labute approximate surface area is 110 Å². The van der Waals surface area contributed by atoms with Crippen LogP contribution in [0.15, 0.2) is 0 Å². The van der Waals surface area contributed by atoms with Gasteiger partial charge in [0.05, 0.1) is 17.8 Å². The van der Waals surface area contributed by atoms with Gasteiger partial charge < -0.3 is 19.3 Å². The molecule has 106 valence electrons. The smallest absolute Gasteiger partial charge is 0.0730 e. The summed E-state index contributed by atoms with van der Waals surface area (Å²) in [4.78, 5) is 0. The minimum Gasteiger partial charge on any atom is -0.393 e. The molecule has 0 aromatic carbocycles. The first-order valence-electron chi connectivity index (χ1n) is 7.08. The van der Waals surface area contributed by atoms with E-state index in [-0.39, 0.29) is 17.8 Å². The second-order valence-corrected chi connectivity index (χ2v) is 5.75. The average Bonchev–Trinajstić information content (AvgIpc) is 2.39. The molecule has 0 aromatic rings. The topological polar surface area (TPSA) is 47.9 Å². The maximum absolute atomic E-state index is 10.3. The molecule has 2 fully saturated rings. The zero-order valence-corrected chi connectivity index (χ0v) is 11.6. The van der Waals surface area contributed by atoms with Crippen LogP contribution in [-0.2, 0) is 14.2 Å². The van der Waals surface area contributed by atoms with Crippen molar-refractivity contribution in [2.45, 2.75) is 56.8 Å². The maximum atomic E-state index is 10.3. The van der Waals surface area contributed by atoms with Gasteiger partial charge in [-0.15, -0.1) is 0 Å². The molecular weight excluding hydrogens is 232 g/mol. The summed E-state index contributed by atoms with van der Waals surface area (Å²) in [5, 5.41) is 10.3. The van der Waals surface area contributed by atoms with Crippen LogP contribution in [0.1, 0.15) is 39.0 Å². The Hall–Kier alpha value is -0.160. The predicted octanol–water partition coefficient (Wildman–Crippen LogP) is 1.75. The van der Waals surface area contributed by atoms with Gasteiger partial charge in [0, 0.05) is 26.9 Å². The maximum Gasteiger partial charge on any atom is 0.0730 e. The average molecular weight is 258 g/mol. The van der Waals surface area contributed by atoms with E-state index in [9.17, 15) is 5.11 Å². The third kappa shape index (κ3) is 3.44. The van der Waals surface area contributed by atoms with Crippen LogP contribution in [0.2, 0.25) is 0 Å². The van der Waals surface area contributed by atoms with Crippen molar-refractivity contribution in [1.29, 1.82) is 0 Å². The van der Waals surface area contributed by atoms with Crippen LogP contribution in [0, 0.1) is 5.92 Å². The molecule has 2 saturated heterocycles. The van der Waals surface area contributed by atoms with Gasteiger partial charge in [0.1, 0.15) is 0 Å². The lowest BCUT2D eigenvalue weighted by Gasteiger charge is -2.44. The quantitative estimate of drug-likeness (QED) is 0.834. The monoisotopic (exact) mass is 258 g/mol. The number of hydrogen-bond donors (Lipinski definition) is 1. The molecule has 2 rings (SSSR count). The molecule has 2 heterocycles. The van der Waals surface area contributed by atoms with Crippen molar-refractivity contribution in [1.82, 2.24) is 0 Å². The lowest BCUT2D eigenvalue weighted by atomic mass is 9.77. The van der Waals surface area contributed by atoms with Gasteiger partial charge in [-0.3, -0.25) is 0 Å². The lowest BCUT2D eigenvalue weighted by Crippen LogP contribution is -2.47. The summed E-state index contributed by atoms with van der Waals surface area (Å²) in [6.07, 6.45) is 4.42. The van der Waals surface area contributed by atoms with Gasteiger partial charge >= 0.3 is 0 Å². The Balaban J connectivity index is 1.89. The first-order valence-corrected chi connectivity index (χ1v) is 7.08. The highest BCUT2D eigenvalue weighted by molar-refractivity contribution is 4.91. The van der Waals surface area contributed by atoms with Crippen LogP contribution in [0.25, 0.3) is 0 Å². The van der Waals surface area contributed by atoms with Crippen molar-refractivity contribution in [3.63, 3.8) is 0 Å². The van der Waals surface area contributed by atoms with Gasteiger partial charge in [-0.05, 0) is 44.9 Å². The molecule has 1 spiro atoms. The van der Waals surface area contributed by atoms with Crippen molar-refractivity contribution in [3.8, 4) is 0 Å². The summed E-state index contributed by atoms with van der Waals surface area (Å²) in [7, 11) is 1.70. The Morgan fingerprint density at radius 1 is 1.33 bits per heavy atom. The van der Waals surface area contributed by atoms with Crippen molar-refractivity contribution in [3.05, 3.63) is 0 Å². The Morgan fingerprint density at radius 2 is 2.06 bits per heavy atom. The fraction of sp³-hybridized carbons (Fsp3) is 1.00. The summed E-state index contributed by atoms with van der Waals surface area (Å²) in [5.74, 6) is 0.342. The number of aliphatic hydroxyl groups excluding tert-OH is 1. The standard InChI is InChI=1S/C14H26O4/c1-11(16-2)9-13(15)12-3-6-18-14(10-12)4-7-17-8-5-14/h11-13,15H,3-10H2,1-2H3. The number of methoxy groups -OCH3 is 1. The molecule has 4 nitrogen and oxygen atoms in total. The summed E-state index contributed by atoms with van der Waals surface area (Å²) < 4.78 is 16.6. The number of ether oxygens (including phenoxy) is 3. The van der Waals surface area contributed by atoms with E-state index in [1.807, 2.05) is 6.92 Å². The van der Waals surface area contributed by atoms with Gasteiger partial charge in [0.15, 0.2) is 0 Å². The van der Waals surface area contributed by atoms with Crippen LogP contribution in [0.4, 0.5) is 0 Å². The zero-order chi connectivity index (χ0) is 13.0. The Morgan fingerprint density at radius 3 is 2.72 bits per heavy atom. The van der Waals surface area contributed by atoms with Crippen molar-refractivity contribution < 1.29 is 19.3 Å². The lowest BCUT2D eigenvalue weighted by molar-refractivity contribution is -0.160. The molecule has 2 aliphatic rings. The number of aliphatic hydroxyl groups is 1. The van der Waals surface area contributed by atoms with Gasteiger partial charge in [-0.1, -0.05) is 0 Å².